The van der Waals surface area contributed by atoms with E-state index in [4.69, 9.17) is 14.6 Å². The van der Waals surface area contributed by atoms with E-state index >= 15 is 0 Å². The van der Waals surface area contributed by atoms with Crippen molar-refractivity contribution in [3.05, 3.63) is 23.3 Å². The Bertz CT molecular complexity index is 700. The molecule has 1 aromatic rings. The minimum Gasteiger partial charge on any atom is -0.495 e. The summed E-state index contributed by atoms with van der Waals surface area (Å²) in [7, 11) is -2.28. The molecule has 1 fully saturated rings. The molecule has 0 amide bonds. The molecule has 0 spiro atoms. The summed E-state index contributed by atoms with van der Waals surface area (Å²) < 4.78 is 37.6. The Hall–Kier alpha value is -1.64. The number of aliphatic carboxylic acids is 1. The number of carboxylic acids is 1. The monoisotopic (exact) mass is 343 g/mol. The van der Waals surface area contributed by atoms with Crippen molar-refractivity contribution in [3.8, 4) is 5.75 Å². The summed E-state index contributed by atoms with van der Waals surface area (Å²) in [6.07, 6.45) is 0.0670. The Balaban J connectivity index is 2.25. The quantitative estimate of drug-likeness (QED) is 0.833. The van der Waals surface area contributed by atoms with Crippen LogP contribution in [0.1, 0.15) is 17.5 Å². The van der Waals surface area contributed by atoms with Crippen LogP contribution in [0, 0.1) is 13.8 Å². The summed E-state index contributed by atoms with van der Waals surface area (Å²) in [5.41, 5.74) is 1.54. The van der Waals surface area contributed by atoms with Gasteiger partial charge in [0.1, 0.15) is 17.3 Å². The zero-order valence-corrected chi connectivity index (χ0v) is 14.2. The second-order valence-electron chi connectivity index (χ2n) is 5.59. The highest BCUT2D eigenvalue weighted by atomic mass is 32.2. The lowest BCUT2D eigenvalue weighted by molar-refractivity contribution is -0.144. The van der Waals surface area contributed by atoms with Crippen molar-refractivity contribution in [2.75, 3.05) is 26.8 Å². The van der Waals surface area contributed by atoms with Gasteiger partial charge in [0.05, 0.1) is 13.2 Å². The van der Waals surface area contributed by atoms with Crippen LogP contribution in [0.4, 0.5) is 0 Å². The number of carbonyl (C=O) groups is 1. The van der Waals surface area contributed by atoms with E-state index in [1.165, 1.54) is 11.4 Å². The first kappa shape index (κ1) is 17.7. The lowest BCUT2D eigenvalue weighted by atomic mass is 10.1. The van der Waals surface area contributed by atoms with Gasteiger partial charge in [0.2, 0.25) is 10.0 Å². The van der Waals surface area contributed by atoms with Crippen LogP contribution in [0.2, 0.25) is 0 Å². The SMILES string of the molecule is COc1cc(C)cc(C)c1S(=O)(=O)N1CCC(OCC(=O)O)C1. The number of carboxylic acid groups (broad SMARTS) is 1. The highest BCUT2D eigenvalue weighted by Crippen LogP contribution is 2.33. The van der Waals surface area contributed by atoms with Crippen molar-refractivity contribution in [1.29, 1.82) is 0 Å². The van der Waals surface area contributed by atoms with Gasteiger partial charge in [-0.3, -0.25) is 0 Å². The summed E-state index contributed by atoms with van der Waals surface area (Å²) in [6, 6.07) is 3.48. The van der Waals surface area contributed by atoms with E-state index in [2.05, 4.69) is 0 Å². The van der Waals surface area contributed by atoms with E-state index in [9.17, 15) is 13.2 Å². The maximum atomic E-state index is 12.9. The number of rotatable bonds is 6. The fraction of sp³-hybridized carbons (Fsp3) is 0.533. The van der Waals surface area contributed by atoms with Crippen LogP contribution in [-0.2, 0) is 19.6 Å². The van der Waals surface area contributed by atoms with Crippen LogP contribution in [0.25, 0.3) is 0 Å². The number of hydrogen-bond donors (Lipinski definition) is 1. The van der Waals surface area contributed by atoms with Gasteiger partial charge < -0.3 is 14.6 Å². The Morgan fingerprint density at radius 3 is 2.70 bits per heavy atom. The molecule has 0 aromatic heterocycles. The normalized spacial score (nSPS) is 19.0. The number of hydrogen-bond acceptors (Lipinski definition) is 5. The molecule has 0 aliphatic carbocycles. The molecule has 0 saturated carbocycles. The van der Waals surface area contributed by atoms with E-state index < -0.39 is 28.7 Å². The van der Waals surface area contributed by atoms with Crippen LogP contribution < -0.4 is 4.74 Å². The number of sulfonamides is 1. The van der Waals surface area contributed by atoms with Crippen LogP contribution in [0.15, 0.2) is 17.0 Å². The molecule has 1 heterocycles. The van der Waals surface area contributed by atoms with Crippen LogP contribution >= 0.6 is 0 Å². The first-order valence-corrected chi connectivity index (χ1v) is 8.68. The first-order valence-electron chi connectivity index (χ1n) is 7.24. The van der Waals surface area contributed by atoms with Gasteiger partial charge in [-0.1, -0.05) is 6.07 Å². The molecule has 1 saturated heterocycles. The van der Waals surface area contributed by atoms with Crippen LogP contribution in [0.5, 0.6) is 5.75 Å². The minimum absolute atomic E-state index is 0.145. The smallest absolute Gasteiger partial charge is 0.329 e. The maximum absolute atomic E-state index is 12.9. The predicted octanol–water partition coefficient (Wildman–Crippen LogP) is 1.18. The van der Waals surface area contributed by atoms with E-state index in [0.717, 1.165) is 5.56 Å². The number of methoxy groups -OCH3 is 1. The molecule has 128 valence electrons. The predicted molar refractivity (Wildman–Crippen MR) is 83.2 cm³/mol. The second kappa shape index (κ2) is 6.86. The number of ether oxygens (including phenoxy) is 2. The Morgan fingerprint density at radius 1 is 1.39 bits per heavy atom. The van der Waals surface area contributed by atoms with Gasteiger partial charge in [0.15, 0.2) is 0 Å². The topological polar surface area (TPSA) is 93.1 Å². The first-order chi connectivity index (χ1) is 10.8. The van der Waals surface area contributed by atoms with Crippen molar-refractivity contribution in [1.82, 2.24) is 4.31 Å². The Kier molecular flexibility index (Phi) is 5.28. The third kappa shape index (κ3) is 3.82. The second-order valence-corrected chi connectivity index (χ2v) is 7.47. The lowest BCUT2D eigenvalue weighted by Crippen LogP contribution is -2.31. The average Bonchev–Trinajstić information content (AvgIpc) is 2.93. The maximum Gasteiger partial charge on any atom is 0.329 e. The molecule has 1 atom stereocenters. The van der Waals surface area contributed by atoms with Gasteiger partial charge in [0.25, 0.3) is 0 Å². The molecule has 1 N–H and O–H groups in total. The molecular formula is C15H21NO6S. The Labute approximate surface area is 135 Å². The number of aryl methyl sites for hydroxylation is 2. The van der Waals surface area contributed by atoms with Crippen molar-refractivity contribution in [2.45, 2.75) is 31.3 Å². The lowest BCUT2D eigenvalue weighted by Gasteiger charge is -2.20. The summed E-state index contributed by atoms with van der Waals surface area (Å²) >= 11 is 0. The standard InChI is InChI=1S/C15H21NO6S/c1-10-6-11(2)15(13(7-10)21-3)23(19,20)16-5-4-12(8-16)22-9-14(17)18/h6-7,12H,4-5,8-9H2,1-3H3,(H,17,18). The van der Waals surface area contributed by atoms with Gasteiger partial charge >= 0.3 is 5.97 Å². The molecule has 7 nitrogen and oxygen atoms in total. The molecule has 1 aliphatic heterocycles. The zero-order valence-electron chi connectivity index (χ0n) is 13.4. The molecule has 2 rings (SSSR count). The number of nitrogens with zero attached hydrogens (tertiary/aromatic N) is 1. The molecule has 1 aromatic carbocycles. The summed E-state index contributed by atoms with van der Waals surface area (Å²) in [5, 5.41) is 8.63. The summed E-state index contributed by atoms with van der Waals surface area (Å²) in [4.78, 5) is 10.7. The van der Waals surface area contributed by atoms with Crippen LogP contribution in [-0.4, -0.2) is 56.7 Å². The Morgan fingerprint density at radius 2 is 2.09 bits per heavy atom. The van der Waals surface area contributed by atoms with Gasteiger partial charge in [-0.05, 0) is 37.5 Å². The van der Waals surface area contributed by atoms with Gasteiger partial charge in [-0.15, -0.1) is 0 Å². The van der Waals surface area contributed by atoms with E-state index in [1.807, 2.05) is 6.92 Å². The minimum atomic E-state index is -3.72. The summed E-state index contributed by atoms with van der Waals surface area (Å²) in [5.74, 6) is -0.750. The van der Waals surface area contributed by atoms with Crippen molar-refractivity contribution < 1.29 is 27.8 Å². The highest BCUT2D eigenvalue weighted by Gasteiger charge is 2.36. The fourth-order valence-electron chi connectivity index (χ4n) is 2.77. The van der Waals surface area contributed by atoms with E-state index in [1.54, 1.807) is 19.1 Å². The average molecular weight is 343 g/mol. The highest BCUT2D eigenvalue weighted by molar-refractivity contribution is 7.89. The molecule has 0 bridgehead atoms. The van der Waals surface area contributed by atoms with Gasteiger partial charge in [0, 0.05) is 13.1 Å². The van der Waals surface area contributed by atoms with E-state index in [0.29, 0.717) is 24.3 Å². The molecular weight excluding hydrogens is 322 g/mol. The van der Waals surface area contributed by atoms with Crippen LogP contribution in [0.3, 0.4) is 0 Å². The molecule has 23 heavy (non-hydrogen) atoms. The third-order valence-electron chi connectivity index (χ3n) is 3.75. The molecule has 1 unspecified atom stereocenters. The molecule has 0 radical (unpaired) electrons. The van der Waals surface area contributed by atoms with Gasteiger partial charge in [-0.2, -0.15) is 4.31 Å². The van der Waals surface area contributed by atoms with Crippen molar-refractivity contribution in [3.63, 3.8) is 0 Å². The zero-order chi connectivity index (χ0) is 17.2. The molecule has 8 heteroatoms. The molecule has 1 aliphatic rings. The fourth-order valence-corrected chi connectivity index (χ4v) is 4.60. The van der Waals surface area contributed by atoms with Crippen molar-refractivity contribution >= 4 is 16.0 Å². The third-order valence-corrected chi connectivity index (χ3v) is 5.80. The summed E-state index contributed by atoms with van der Waals surface area (Å²) in [6.45, 7) is 3.62. The van der Waals surface area contributed by atoms with Gasteiger partial charge in [-0.25, -0.2) is 13.2 Å². The number of benzene rings is 1. The largest absolute Gasteiger partial charge is 0.495 e. The van der Waals surface area contributed by atoms with E-state index in [-0.39, 0.29) is 11.4 Å². The van der Waals surface area contributed by atoms with Crippen molar-refractivity contribution in [2.24, 2.45) is 0 Å².